The summed E-state index contributed by atoms with van der Waals surface area (Å²) in [6, 6.07) is 12.5. The van der Waals surface area contributed by atoms with Gasteiger partial charge in [0.2, 0.25) is 0 Å². The number of benzene rings is 1. The Labute approximate surface area is 188 Å². The van der Waals surface area contributed by atoms with E-state index in [9.17, 15) is 0 Å². The number of aliphatic imine (C=N–C) groups is 1. The van der Waals surface area contributed by atoms with Crippen LogP contribution in [0.3, 0.4) is 0 Å². The molecule has 2 aliphatic rings. The summed E-state index contributed by atoms with van der Waals surface area (Å²) in [6.45, 7) is 10.2. The van der Waals surface area contributed by atoms with Crippen LogP contribution in [0.4, 0.5) is 0 Å². The van der Waals surface area contributed by atoms with Crippen LogP contribution in [0.2, 0.25) is 0 Å². The maximum atomic E-state index is 4.49. The Hall–Kier alpha value is -0.860. The molecule has 0 radical (unpaired) electrons. The van der Waals surface area contributed by atoms with Crippen molar-refractivity contribution < 1.29 is 0 Å². The molecule has 0 bridgehead atoms. The van der Waals surface area contributed by atoms with Crippen molar-refractivity contribution in [1.29, 1.82) is 0 Å². The number of halogens is 1. The van der Waals surface area contributed by atoms with E-state index in [0.29, 0.717) is 18.1 Å². The fourth-order valence-corrected chi connectivity index (χ4v) is 4.33. The lowest BCUT2D eigenvalue weighted by Crippen LogP contribution is -2.50. The van der Waals surface area contributed by atoms with E-state index in [0.717, 1.165) is 12.5 Å². The number of piperidine rings is 1. The zero-order chi connectivity index (χ0) is 19.1. The molecule has 2 N–H and O–H groups in total. The Morgan fingerprint density at radius 3 is 2.25 bits per heavy atom. The molecular weight excluding hydrogens is 461 g/mol. The smallest absolute Gasteiger partial charge is 0.191 e. The lowest BCUT2D eigenvalue weighted by Gasteiger charge is -2.35. The Morgan fingerprint density at radius 1 is 1.04 bits per heavy atom. The fourth-order valence-electron chi connectivity index (χ4n) is 4.33. The van der Waals surface area contributed by atoms with Gasteiger partial charge in [0.15, 0.2) is 5.96 Å². The van der Waals surface area contributed by atoms with Crippen LogP contribution in [0.15, 0.2) is 35.3 Å². The molecule has 2 fully saturated rings. The van der Waals surface area contributed by atoms with Gasteiger partial charge in [0.05, 0.1) is 6.04 Å². The lowest BCUT2D eigenvalue weighted by atomic mass is 10.0. The van der Waals surface area contributed by atoms with Gasteiger partial charge in [-0.25, -0.2) is 0 Å². The van der Waals surface area contributed by atoms with Crippen LogP contribution in [-0.4, -0.2) is 67.6 Å². The molecule has 5 nitrogen and oxygen atoms in total. The van der Waals surface area contributed by atoms with Crippen LogP contribution in [0.1, 0.15) is 51.1 Å². The molecular formula is C22H38IN5. The van der Waals surface area contributed by atoms with Crippen molar-refractivity contribution in [2.45, 2.75) is 57.7 Å². The third-order valence-electron chi connectivity index (χ3n) is 6.05. The highest BCUT2D eigenvalue weighted by Gasteiger charge is 2.25. The molecule has 0 amide bonds. The van der Waals surface area contributed by atoms with Gasteiger partial charge >= 0.3 is 0 Å². The van der Waals surface area contributed by atoms with Gasteiger partial charge < -0.3 is 15.5 Å². The summed E-state index contributed by atoms with van der Waals surface area (Å²) >= 11 is 0. The first-order valence-electron chi connectivity index (χ1n) is 10.7. The second kappa shape index (κ2) is 12.0. The SMILES string of the molecule is CN=C(NCC(c1ccccc1)N1CCCC1)NC1CCN(C(C)C)CC1.I. The second-order valence-electron chi connectivity index (χ2n) is 8.17. The average Bonchev–Trinajstić information content (AvgIpc) is 3.23. The largest absolute Gasteiger partial charge is 0.354 e. The first kappa shape index (κ1) is 23.4. The van der Waals surface area contributed by atoms with Crippen LogP contribution in [0.5, 0.6) is 0 Å². The minimum atomic E-state index is 0. The molecule has 1 atom stereocenters. The maximum absolute atomic E-state index is 4.49. The van der Waals surface area contributed by atoms with Crippen molar-refractivity contribution in [2.24, 2.45) is 4.99 Å². The number of rotatable bonds is 6. The highest BCUT2D eigenvalue weighted by molar-refractivity contribution is 14.0. The van der Waals surface area contributed by atoms with E-state index in [1.165, 1.54) is 57.4 Å². The summed E-state index contributed by atoms with van der Waals surface area (Å²) in [6.07, 6.45) is 5.00. The second-order valence-corrected chi connectivity index (χ2v) is 8.17. The molecule has 3 rings (SSSR count). The minimum absolute atomic E-state index is 0. The van der Waals surface area contributed by atoms with Crippen molar-refractivity contribution in [3.8, 4) is 0 Å². The van der Waals surface area contributed by atoms with Crippen molar-refractivity contribution in [1.82, 2.24) is 20.4 Å². The topological polar surface area (TPSA) is 42.9 Å². The van der Waals surface area contributed by atoms with Crippen molar-refractivity contribution >= 4 is 29.9 Å². The monoisotopic (exact) mass is 499 g/mol. The summed E-state index contributed by atoms with van der Waals surface area (Å²) in [5.74, 6) is 0.943. The number of hydrogen-bond donors (Lipinski definition) is 2. The average molecular weight is 499 g/mol. The number of nitrogens with zero attached hydrogens (tertiary/aromatic N) is 3. The predicted octanol–water partition coefficient (Wildman–Crippen LogP) is 3.48. The van der Waals surface area contributed by atoms with Crippen LogP contribution in [0, 0.1) is 0 Å². The lowest BCUT2D eigenvalue weighted by molar-refractivity contribution is 0.167. The zero-order valence-electron chi connectivity index (χ0n) is 17.7. The van der Waals surface area contributed by atoms with Crippen LogP contribution >= 0.6 is 24.0 Å². The van der Waals surface area contributed by atoms with E-state index >= 15 is 0 Å². The fraction of sp³-hybridized carbons (Fsp3) is 0.682. The van der Waals surface area contributed by atoms with E-state index in [-0.39, 0.29) is 24.0 Å². The van der Waals surface area contributed by atoms with Crippen molar-refractivity contribution in [3.63, 3.8) is 0 Å². The van der Waals surface area contributed by atoms with Gasteiger partial charge in [-0.3, -0.25) is 9.89 Å². The molecule has 158 valence electrons. The van der Waals surface area contributed by atoms with Gasteiger partial charge in [0, 0.05) is 38.8 Å². The molecule has 1 aromatic carbocycles. The Balaban J connectivity index is 0.00000280. The molecule has 0 spiro atoms. The Morgan fingerprint density at radius 2 is 1.68 bits per heavy atom. The van der Waals surface area contributed by atoms with Gasteiger partial charge in [-0.1, -0.05) is 30.3 Å². The summed E-state index contributed by atoms with van der Waals surface area (Å²) in [5, 5.41) is 7.27. The number of likely N-dealkylation sites (tertiary alicyclic amines) is 2. The molecule has 1 aromatic rings. The van der Waals surface area contributed by atoms with Gasteiger partial charge in [0.1, 0.15) is 0 Å². The van der Waals surface area contributed by atoms with Gasteiger partial charge in [-0.05, 0) is 58.2 Å². The number of guanidine groups is 1. The highest BCUT2D eigenvalue weighted by Crippen LogP contribution is 2.24. The van der Waals surface area contributed by atoms with Crippen LogP contribution in [0.25, 0.3) is 0 Å². The summed E-state index contributed by atoms with van der Waals surface area (Å²) in [7, 11) is 1.88. The van der Waals surface area contributed by atoms with Crippen LogP contribution in [-0.2, 0) is 0 Å². The van der Waals surface area contributed by atoms with E-state index in [2.05, 4.69) is 69.6 Å². The summed E-state index contributed by atoms with van der Waals surface area (Å²) < 4.78 is 0. The molecule has 2 heterocycles. The van der Waals surface area contributed by atoms with Crippen molar-refractivity contribution in [3.05, 3.63) is 35.9 Å². The zero-order valence-corrected chi connectivity index (χ0v) is 20.1. The Kier molecular flexibility index (Phi) is 10.0. The first-order valence-corrected chi connectivity index (χ1v) is 10.7. The number of hydrogen-bond acceptors (Lipinski definition) is 3. The number of nitrogens with one attached hydrogen (secondary N) is 2. The van der Waals surface area contributed by atoms with Gasteiger partial charge in [-0.2, -0.15) is 0 Å². The van der Waals surface area contributed by atoms with Crippen LogP contribution < -0.4 is 10.6 Å². The molecule has 1 unspecified atom stereocenters. The maximum Gasteiger partial charge on any atom is 0.191 e. The van der Waals surface area contributed by atoms with Gasteiger partial charge in [-0.15, -0.1) is 24.0 Å². The molecule has 0 aromatic heterocycles. The van der Waals surface area contributed by atoms with Crippen molar-refractivity contribution in [2.75, 3.05) is 39.8 Å². The molecule has 28 heavy (non-hydrogen) atoms. The Bertz CT molecular complexity index is 578. The van der Waals surface area contributed by atoms with E-state index in [1.54, 1.807) is 0 Å². The summed E-state index contributed by atoms with van der Waals surface area (Å²) in [4.78, 5) is 9.66. The molecule has 6 heteroatoms. The van der Waals surface area contributed by atoms with E-state index < -0.39 is 0 Å². The first-order chi connectivity index (χ1) is 13.2. The highest BCUT2D eigenvalue weighted by atomic mass is 127. The molecule has 0 saturated carbocycles. The van der Waals surface area contributed by atoms with E-state index in [4.69, 9.17) is 0 Å². The standard InChI is InChI=1S/C22H37N5.HI/c1-18(2)26-15-11-20(12-16-26)25-22(23-3)24-17-21(27-13-7-8-14-27)19-9-5-4-6-10-19;/h4-6,9-10,18,20-21H,7-8,11-17H2,1-3H3,(H2,23,24,25);1H. The predicted molar refractivity (Wildman–Crippen MR) is 130 cm³/mol. The normalized spacial score (nSPS) is 20.8. The summed E-state index contributed by atoms with van der Waals surface area (Å²) in [5.41, 5.74) is 1.40. The molecule has 0 aliphatic carbocycles. The third-order valence-corrected chi connectivity index (χ3v) is 6.05. The molecule has 2 saturated heterocycles. The van der Waals surface area contributed by atoms with E-state index in [1.807, 2.05) is 7.05 Å². The quantitative estimate of drug-likeness (QED) is 0.358. The van der Waals surface area contributed by atoms with Gasteiger partial charge in [0.25, 0.3) is 0 Å². The molecule has 2 aliphatic heterocycles. The third kappa shape index (κ3) is 6.59. The minimum Gasteiger partial charge on any atom is -0.354 e.